The minimum absolute atomic E-state index is 0.00747. The van der Waals surface area contributed by atoms with Crippen LogP contribution in [0.3, 0.4) is 0 Å². The molecular weight excluding hydrogens is 382 g/mol. The maximum atomic E-state index is 12.7. The van der Waals surface area contributed by atoms with Crippen LogP contribution in [-0.2, 0) is 22.7 Å². The summed E-state index contributed by atoms with van der Waals surface area (Å²) in [4.78, 5) is 25.7. The quantitative estimate of drug-likeness (QED) is 0.842. The monoisotopic (exact) mass is 403 g/mol. The molecule has 2 N–H and O–H groups in total. The van der Waals surface area contributed by atoms with Crippen LogP contribution in [0.4, 0.5) is 5.82 Å². The second-order valence-electron chi connectivity index (χ2n) is 6.86. The number of halogens is 1. The molecule has 1 atom stereocenters. The number of piperazine rings is 1. The SMILES string of the molecule is NC(Cc1ccc(Cl)cc1)C(=O)N1CCN(c2ncnc3c2CSC3)CC1. The summed E-state index contributed by atoms with van der Waals surface area (Å²) < 4.78 is 0. The minimum atomic E-state index is -0.530. The Kier molecular flexibility index (Phi) is 5.52. The van der Waals surface area contributed by atoms with E-state index in [0.29, 0.717) is 24.5 Å². The maximum absolute atomic E-state index is 12.7. The van der Waals surface area contributed by atoms with Crippen molar-refractivity contribution in [1.29, 1.82) is 0 Å². The van der Waals surface area contributed by atoms with Crippen LogP contribution in [-0.4, -0.2) is 53.0 Å². The number of aromatic nitrogens is 2. The van der Waals surface area contributed by atoms with Crippen LogP contribution in [0, 0.1) is 0 Å². The largest absolute Gasteiger partial charge is 0.353 e. The lowest BCUT2D eigenvalue weighted by Crippen LogP contribution is -2.54. The van der Waals surface area contributed by atoms with E-state index in [2.05, 4.69) is 14.9 Å². The van der Waals surface area contributed by atoms with Gasteiger partial charge in [0.25, 0.3) is 0 Å². The summed E-state index contributed by atoms with van der Waals surface area (Å²) in [6.45, 7) is 2.87. The smallest absolute Gasteiger partial charge is 0.239 e. The second-order valence-corrected chi connectivity index (χ2v) is 8.29. The molecule has 2 aliphatic rings. The fraction of sp³-hybridized carbons (Fsp3) is 0.421. The first-order valence-corrected chi connectivity index (χ1v) is 10.6. The molecule has 8 heteroatoms. The van der Waals surface area contributed by atoms with E-state index in [0.717, 1.165) is 41.7 Å². The molecule has 1 saturated heterocycles. The number of thioether (sulfide) groups is 1. The molecule has 1 aromatic carbocycles. The fourth-order valence-corrected chi connectivity index (χ4v) is 4.74. The normalized spacial score (nSPS) is 17.7. The van der Waals surface area contributed by atoms with Crippen molar-refractivity contribution in [1.82, 2.24) is 14.9 Å². The van der Waals surface area contributed by atoms with Gasteiger partial charge in [0.2, 0.25) is 5.91 Å². The Hall–Kier alpha value is -1.83. The van der Waals surface area contributed by atoms with Gasteiger partial charge < -0.3 is 15.5 Å². The lowest BCUT2D eigenvalue weighted by Gasteiger charge is -2.37. The Morgan fingerprint density at radius 2 is 1.89 bits per heavy atom. The van der Waals surface area contributed by atoms with Gasteiger partial charge in [0.05, 0.1) is 11.7 Å². The van der Waals surface area contributed by atoms with Crippen molar-refractivity contribution in [2.75, 3.05) is 31.1 Å². The molecule has 6 nitrogen and oxygen atoms in total. The van der Waals surface area contributed by atoms with E-state index in [1.54, 1.807) is 6.33 Å². The van der Waals surface area contributed by atoms with E-state index >= 15 is 0 Å². The van der Waals surface area contributed by atoms with Crippen LogP contribution >= 0.6 is 23.4 Å². The summed E-state index contributed by atoms with van der Waals surface area (Å²) in [6, 6.07) is 6.95. The summed E-state index contributed by atoms with van der Waals surface area (Å²) >= 11 is 7.78. The number of amides is 1. The van der Waals surface area contributed by atoms with Crippen molar-refractivity contribution in [2.24, 2.45) is 5.73 Å². The van der Waals surface area contributed by atoms with Gasteiger partial charge in [-0.25, -0.2) is 9.97 Å². The predicted molar refractivity (Wildman–Crippen MR) is 109 cm³/mol. The number of rotatable bonds is 4. The van der Waals surface area contributed by atoms with E-state index < -0.39 is 6.04 Å². The molecule has 0 spiro atoms. The van der Waals surface area contributed by atoms with Crippen LogP contribution in [0.1, 0.15) is 16.8 Å². The average molecular weight is 404 g/mol. The Morgan fingerprint density at radius 3 is 2.63 bits per heavy atom. The van der Waals surface area contributed by atoms with Gasteiger partial charge in [0.15, 0.2) is 0 Å². The van der Waals surface area contributed by atoms with Gasteiger partial charge in [-0.15, -0.1) is 0 Å². The third-order valence-corrected chi connectivity index (χ3v) is 6.30. The summed E-state index contributed by atoms with van der Waals surface area (Å²) in [7, 11) is 0. The molecule has 0 aliphatic carbocycles. The van der Waals surface area contributed by atoms with Gasteiger partial charge in [-0.05, 0) is 24.1 Å². The molecule has 0 radical (unpaired) electrons. The van der Waals surface area contributed by atoms with E-state index in [-0.39, 0.29) is 5.91 Å². The van der Waals surface area contributed by atoms with E-state index in [1.165, 1.54) is 5.56 Å². The second kappa shape index (κ2) is 8.04. The van der Waals surface area contributed by atoms with Gasteiger partial charge in [-0.1, -0.05) is 23.7 Å². The van der Waals surface area contributed by atoms with Gasteiger partial charge >= 0.3 is 0 Å². The molecule has 1 amide bonds. The summed E-state index contributed by atoms with van der Waals surface area (Å²) in [6.07, 6.45) is 2.17. The number of nitrogens with zero attached hydrogens (tertiary/aromatic N) is 4. The van der Waals surface area contributed by atoms with Crippen molar-refractivity contribution in [3.8, 4) is 0 Å². The van der Waals surface area contributed by atoms with Crippen molar-refractivity contribution < 1.29 is 4.79 Å². The molecule has 1 fully saturated rings. The number of hydrogen-bond donors (Lipinski definition) is 1. The first kappa shape index (κ1) is 18.5. The molecule has 142 valence electrons. The van der Waals surface area contributed by atoms with Crippen molar-refractivity contribution >= 4 is 35.1 Å². The highest BCUT2D eigenvalue weighted by Gasteiger charge is 2.28. The van der Waals surface area contributed by atoms with Crippen LogP contribution in [0.5, 0.6) is 0 Å². The molecule has 0 bridgehead atoms. The zero-order valence-corrected chi connectivity index (χ0v) is 16.5. The van der Waals surface area contributed by atoms with Crippen LogP contribution in [0.25, 0.3) is 0 Å². The molecule has 4 rings (SSSR count). The average Bonchev–Trinajstić information content (AvgIpc) is 3.18. The van der Waals surface area contributed by atoms with E-state index in [1.807, 2.05) is 40.9 Å². The molecule has 0 saturated carbocycles. The number of fused-ring (bicyclic) bond motifs is 1. The number of anilines is 1. The van der Waals surface area contributed by atoms with Crippen LogP contribution in [0.2, 0.25) is 5.02 Å². The molecule has 1 aromatic heterocycles. The highest BCUT2D eigenvalue weighted by molar-refractivity contribution is 7.98. The summed E-state index contributed by atoms with van der Waals surface area (Å²) in [5, 5.41) is 0.685. The van der Waals surface area contributed by atoms with Crippen molar-refractivity contribution in [3.63, 3.8) is 0 Å². The van der Waals surface area contributed by atoms with E-state index in [9.17, 15) is 4.79 Å². The highest BCUT2D eigenvalue weighted by Crippen LogP contribution is 2.34. The van der Waals surface area contributed by atoms with Gasteiger partial charge in [-0.3, -0.25) is 4.79 Å². The van der Waals surface area contributed by atoms with Gasteiger partial charge in [0.1, 0.15) is 12.1 Å². The Labute approximate surface area is 168 Å². The first-order chi connectivity index (χ1) is 13.1. The molecule has 3 heterocycles. The molecule has 2 aromatic rings. The maximum Gasteiger partial charge on any atom is 0.239 e. The zero-order valence-electron chi connectivity index (χ0n) is 15.0. The third kappa shape index (κ3) is 4.05. The van der Waals surface area contributed by atoms with Gasteiger partial charge in [-0.2, -0.15) is 11.8 Å². The Morgan fingerprint density at radius 1 is 1.15 bits per heavy atom. The lowest BCUT2D eigenvalue weighted by molar-refractivity contribution is -0.132. The topological polar surface area (TPSA) is 75.4 Å². The van der Waals surface area contributed by atoms with Crippen LogP contribution in [0.15, 0.2) is 30.6 Å². The highest BCUT2D eigenvalue weighted by atomic mass is 35.5. The lowest BCUT2D eigenvalue weighted by atomic mass is 10.1. The van der Waals surface area contributed by atoms with Gasteiger partial charge in [0, 0.05) is 48.3 Å². The number of hydrogen-bond acceptors (Lipinski definition) is 6. The minimum Gasteiger partial charge on any atom is -0.353 e. The summed E-state index contributed by atoms with van der Waals surface area (Å²) in [5.41, 5.74) is 9.60. The first-order valence-electron chi connectivity index (χ1n) is 9.06. The molecule has 2 aliphatic heterocycles. The standard InChI is InChI=1S/C19H22ClN5OS/c20-14-3-1-13(2-4-14)9-16(21)19(26)25-7-5-24(6-8-25)18-15-10-27-11-17(15)22-12-23-18/h1-4,12,16H,5-11,21H2. The molecule has 27 heavy (non-hydrogen) atoms. The number of nitrogens with two attached hydrogens (primary N) is 1. The third-order valence-electron chi connectivity index (χ3n) is 5.07. The molecular formula is C19H22ClN5OS. The zero-order chi connectivity index (χ0) is 18.8. The summed E-state index contributed by atoms with van der Waals surface area (Å²) in [5.74, 6) is 2.97. The van der Waals surface area contributed by atoms with Crippen molar-refractivity contribution in [2.45, 2.75) is 24.0 Å². The van der Waals surface area contributed by atoms with Crippen LogP contribution < -0.4 is 10.6 Å². The Bertz CT molecular complexity index is 823. The number of benzene rings is 1. The fourth-order valence-electron chi connectivity index (χ4n) is 3.57. The van der Waals surface area contributed by atoms with E-state index in [4.69, 9.17) is 17.3 Å². The molecule has 1 unspecified atom stereocenters. The number of carbonyl (C=O) groups is 1. The predicted octanol–water partition coefficient (Wildman–Crippen LogP) is 2.10. The van der Waals surface area contributed by atoms with Crippen molar-refractivity contribution in [3.05, 3.63) is 52.4 Å². The number of carbonyl (C=O) groups excluding carboxylic acids is 1. The Balaban J connectivity index is 1.35.